The van der Waals surface area contributed by atoms with Crippen molar-refractivity contribution in [1.29, 1.82) is 0 Å². The van der Waals surface area contributed by atoms with E-state index >= 15 is 0 Å². The Labute approximate surface area is 177 Å². The second-order valence-electron chi connectivity index (χ2n) is 5.08. The molecule has 0 spiro atoms. The number of nitro benzene ring substituents is 2. The molecule has 2 rings (SSSR count). The molecule has 0 radical (unpaired) electrons. The van der Waals surface area contributed by atoms with Gasteiger partial charge in [-0.25, -0.2) is 18.4 Å². The van der Waals surface area contributed by atoms with Crippen molar-refractivity contribution in [3.63, 3.8) is 0 Å². The molecule has 0 aromatic heterocycles. The molecule has 16 heteroatoms. The molecule has 0 aliphatic heterocycles. The summed E-state index contributed by atoms with van der Waals surface area (Å²) in [4.78, 5) is 39.9. The lowest BCUT2D eigenvalue weighted by Crippen LogP contribution is -2.09. The van der Waals surface area contributed by atoms with Crippen LogP contribution in [0, 0.1) is 43.5 Å². The normalized spacial score (nSPS) is 10.0. The van der Waals surface area contributed by atoms with E-state index in [9.17, 15) is 47.4 Å². The van der Waals surface area contributed by atoms with E-state index in [0.29, 0.717) is 12.1 Å². The average Bonchev–Trinajstić information content (AvgIpc) is 2.68. The molecule has 0 unspecified atom stereocenters. The predicted molar refractivity (Wildman–Crippen MR) is 94.3 cm³/mol. The fraction of sp³-hybridized carbons (Fsp3) is 0.0667. The van der Waals surface area contributed by atoms with Crippen LogP contribution in [-0.2, 0) is 4.74 Å². The molecule has 0 amide bonds. The van der Waals surface area contributed by atoms with Crippen molar-refractivity contribution < 1.29 is 46.8 Å². The third kappa shape index (κ3) is 5.35. The molecule has 2 aromatic carbocycles. The lowest BCUT2D eigenvalue weighted by molar-refractivity contribution is -0.388. The number of hydrogen-bond acceptors (Lipinski definition) is 7. The number of halogens is 6. The topological polar surface area (TPSA) is 150 Å². The molecular formula is C15H6Cl2F4N2O8. The first-order valence-corrected chi connectivity index (χ1v) is 7.97. The number of nitrogens with zero attached hydrogens (tertiary/aromatic N) is 2. The van der Waals surface area contributed by atoms with Crippen molar-refractivity contribution >= 4 is 46.5 Å². The summed E-state index contributed by atoms with van der Waals surface area (Å²) >= 11 is 10.2. The number of nitro groups is 2. The number of ether oxygens (including phenoxy) is 1. The number of esters is 1. The van der Waals surface area contributed by atoms with Gasteiger partial charge in [0.15, 0.2) is 0 Å². The fourth-order valence-corrected chi connectivity index (χ4v) is 2.24. The molecule has 0 saturated heterocycles. The van der Waals surface area contributed by atoms with Crippen LogP contribution in [0.3, 0.4) is 0 Å². The average molecular weight is 489 g/mol. The molecule has 0 bridgehead atoms. The summed E-state index contributed by atoms with van der Waals surface area (Å²) in [6.07, 6.45) is 0. The van der Waals surface area contributed by atoms with Crippen LogP contribution in [0.25, 0.3) is 0 Å². The van der Waals surface area contributed by atoms with Gasteiger partial charge in [0.1, 0.15) is 32.8 Å². The molecule has 166 valence electrons. The molecular weight excluding hydrogens is 483 g/mol. The van der Waals surface area contributed by atoms with Crippen LogP contribution >= 0.6 is 23.2 Å². The standard InChI is InChI=1S/C8H4ClF2NO4.C7H2ClF2NO4/c1-16-8(13)3-2-4(10)5(9)6(11)7(3)12(14)15;8-4-3(9)1-2(7(12)13)6(5(4)10)11(14)15/h2H,1H3;1H,(H,12,13). The number of carboxylic acid groups (broad SMARTS) is 1. The van der Waals surface area contributed by atoms with Crippen LogP contribution in [0.4, 0.5) is 28.9 Å². The third-order valence-electron chi connectivity index (χ3n) is 3.27. The number of aromatic carboxylic acids is 1. The van der Waals surface area contributed by atoms with E-state index in [4.69, 9.17) is 28.3 Å². The Balaban J connectivity index is 0.000000311. The van der Waals surface area contributed by atoms with Gasteiger partial charge in [-0.2, -0.15) is 8.78 Å². The highest BCUT2D eigenvalue weighted by Gasteiger charge is 2.31. The fourth-order valence-electron chi connectivity index (χ4n) is 1.96. The van der Waals surface area contributed by atoms with Gasteiger partial charge >= 0.3 is 23.3 Å². The number of carboxylic acids is 1. The first kappa shape index (κ1) is 25.5. The molecule has 0 fully saturated rings. The monoisotopic (exact) mass is 488 g/mol. The highest BCUT2D eigenvalue weighted by Crippen LogP contribution is 2.32. The Morgan fingerprint density at radius 2 is 1.26 bits per heavy atom. The van der Waals surface area contributed by atoms with E-state index in [1.165, 1.54) is 0 Å². The van der Waals surface area contributed by atoms with E-state index in [-0.39, 0.29) is 0 Å². The maximum atomic E-state index is 13.2. The van der Waals surface area contributed by atoms with Gasteiger partial charge in [0.05, 0.1) is 17.0 Å². The Kier molecular flexibility index (Phi) is 8.22. The molecule has 0 aliphatic carbocycles. The predicted octanol–water partition coefficient (Wildman–Crippen LogP) is 4.54. The molecule has 0 aliphatic rings. The zero-order valence-electron chi connectivity index (χ0n) is 14.6. The number of carbonyl (C=O) groups excluding carboxylic acids is 1. The molecule has 2 aromatic rings. The quantitative estimate of drug-likeness (QED) is 0.216. The number of hydrogen-bond donors (Lipinski definition) is 1. The van der Waals surface area contributed by atoms with Crippen molar-refractivity contribution in [2.75, 3.05) is 7.11 Å². The summed E-state index contributed by atoms with van der Waals surface area (Å²) in [5, 5.41) is 27.2. The zero-order chi connectivity index (χ0) is 24.2. The van der Waals surface area contributed by atoms with Crippen LogP contribution < -0.4 is 0 Å². The Morgan fingerprint density at radius 3 is 1.58 bits per heavy atom. The summed E-state index contributed by atoms with van der Waals surface area (Å²) in [6.45, 7) is 0. The third-order valence-corrected chi connectivity index (χ3v) is 3.97. The molecule has 0 atom stereocenters. The Hall–Kier alpha value is -3.52. The first-order chi connectivity index (χ1) is 14.3. The van der Waals surface area contributed by atoms with Gasteiger partial charge in [-0.1, -0.05) is 23.2 Å². The van der Waals surface area contributed by atoms with E-state index in [1.54, 1.807) is 0 Å². The summed E-state index contributed by atoms with van der Waals surface area (Å²) < 4.78 is 56.2. The Bertz CT molecular complexity index is 1110. The summed E-state index contributed by atoms with van der Waals surface area (Å²) in [7, 11) is 0.927. The van der Waals surface area contributed by atoms with Crippen LogP contribution in [0.5, 0.6) is 0 Å². The van der Waals surface area contributed by atoms with Crippen LogP contribution in [0.15, 0.2) is 12.1 Å². The van der Waals surface area contributed by atoms with Crippen molar-refractivity contribution in [3.8, 4) is 0 Å². The van der Waals surface area contributed by atoms with Crippen molar-refractivity contribution in [2.24, 2.45) is 0 Å². The number of methoxy groups -OCH3 is 1. The van der Waals surface area contributed by atoms with Gasteiger partial charge in [0.25, 0.3) is 0 Å². The minimum atomic E-state index is -1.81. The number of carbonyl (C=O) groups is 2. The molecule has 0 saturated carbocycles. The summed E-state index contributed by atoms with van der Waals surface area (Å²) in [6, 6.07) is 0.751. The number of rotatable bonds is 4. The van der Waals surface area contributed by atoms with Gasteiger partial charge in [-0.15, -0.1) is 0 Å². The van der Waals surface area contributed by atoms with Crippen molar-refractivity contribution in [3.05, 3.63) is 76.8 Å². The highest BCUT2D eigenvalue weighted by atomic mass is 35.5. The smallest absolute Gasteiger partial charge is 0.345 e. The maximum Gasteiger partial charge on any atom is 0.345 e. The molecule has 31 heavy (non-hydrogen) atoms. The van der Waals surface area contributed by atoms with Crippen LogP contribution in [-0.4, -0.2) is 34.0 Å². The summed E-state index contributed by atoms with van der Waals surface area (Å²) in [5.74, 6) is -8.97. The van der Waals surface area contributed by atoms with E-state index in [2.05, 4.69) is 4.74 Å². The number of benzene rings is 2. The zero-order valence-corrected chi connectivity index (χ0v) is 16.1. The maximum absolute atomic E-state index is 13.2. The molecule has 0 heterocycles. The highest BCUT2D eigenvalue weighted by molar-refractivity contribution is 6.31. The second-order valence-corrected chi connectivity index (χ2v) is 5.83. The van der Waals surface area contributed by atoms with E-state index in [0.717, 1.165) is 7.11 Å². The lowest BCUT2D eigenvalue weighted by Gasteiger charge is -2.04. The van der Waals surface area contributed by atoms with Crippen LogP contribution in [0.2, 0.25) is 10.0 Å². The summed E-state index contributed by atoms with van der Waals surface area (Å²) in [5.41, 5.74) is -4.47. The van der Waals surface area contributed by atoms with Gasteiger partial charge in [-0.3, -0.25) is 20.2 Å². The molecule has 10 nitrogen and oxygen atoms in total. The SMILES string of the molecule is COC(=O)c1cc(F)c(Cl)c(F)c1[N+](=O)[O-].O=C(O)c1cc(F)c(Cl)c(F)c1[N+](=O)[O-]. The van der Waals surface area contributed by atoms with E-state index in [1.807, 2.05) is 0 Å². The van der Waals surface area contributed by atoms with Gasteiger partial charge < -0.3 is 9.84 Å². The minimum absolute atomic E-state index is 0.297. The second kappa shape index (κ2) is 9.99. The largest absolute Gasteiger partial charge is 0.477 e. The Morgan fingerprint density at radius 1 is 0.903 bits per heavy atom. The van der Waals surface area contributed by atoms with Crippen molar-refractivity contribution in [2.45, 2.75) is 0 Å². The van der Waals surface area contributed by atoms with Crippen molar-refractivity contribution in [1.82, 2.24) is 0 Å². The molecule has 1 N–H and O–H groups in total. The lowest BCUT2D eigenvalue weighted by atomic mass is 10.1. The van der Waals surface area contributed by atoms with Gasteiger partial charge in [0.2, 0.25) is 11.6 Å². The van der Waals surface area contributed by atoms with Gasteiger partial charge in [0, 0.05) is 0 Å². The van der Waals surface area contributed by atoms with Crippen LogP contribution in [0.1, 0.15) is 20.7 Å². The van der Waals surface area contributed by atoms with E-state index < -0.39 is 77.6 Å². The van der Waals surface area contributed by atoms with Gasteiger partial charge in [-0.05, 0) is 12.1 Å². The minimum Gasteiger partial charge on any atom is -0.477 e. The first-order valence-electron chi connectivity index (χ1n) is 7.21.